The van der Waals surface area contributed by atoms with E-state index < -0.39 is 0 Å². The second-order valence-electron chi connectivity index (χ2n) is 5.11. The van der Waals surface area contributed by atoms with Crippen LogP contribution in [0, 0.1) is 0 Å². The lowest BCUT2D eigenvalue weighted by molar-refractivity contribution is -0.129. The zero-order chi connectivity index (χ0) is 14.8. The Morgan fingerprint density at radius 2 is 2.05 bits per heavy atom. The van der Waals surface area contributed by atoms with E-state index in [0.29, 0.717) is 25.3 Å². The molecule has 1 aliphatic rings. The molecule has 21 heavy (non-hydrogen) atoms. The number of hydrogen-bond donors (Lipinski definition) is 2. The van der Waals surface area contributed by atoms with E-state index in [0.717, 1.165) is 16.8 Å². The fourth-order valence-corrected chi connectivity index (χ4v) is 2.42. The van der Waals surface area contributed by atoms with Crippen molar-refractivity contribution >= 4 is 17.6 Å². The Labute approximate surface area is 122 Å². The lowest BCUT2D eigenvalue weighted by Gasteiger charge is -2.12. The Morgan fingerprint density at radius 3 is 2.76 bits per heavy atom. The molecule has 1 aromatic carbocycles. The molecule has 0 atom stereocenters. The van der Waals surface area contributed by atoms with Crippen LogP contribution in [0.2, 0.25) is 0 Å². The van der Waals surface area contributed by atoms with E-state index >= 15 is 0 Å². The van der Waals surface area contributed by atoms with E-state index in [-0.39, 0.29) is 11.8 Å². The Kier molecular flexibility index (Phi) is 3.43. The predicted octanol–water partition coefficient (Wildman–Crippen LogP) is 1.45. The summed E-state index contributed by atoms with van der Waals surface area (Å²) in [6, 6.07) is 9.54. The van der Waals surface area contributed by atoms with Crippen molar-refractivity contribution in [2.24, 2.45) is 0 Å². The van der Waals surface area contributed by atoms with Crippen molar-refractivity contribution < 1.29 is 9.59 Å². The Bertz CT molecular complexity index is 678. The molecule has 0 aliphatic carbocycles. The van der Waals surface area contributed by atoms with Gasteiger partial charge in [0.2, 0.25) is 11.8 Å². The zero-order valence-electron chi connectivity index (χ0n) is 11.7. The summed E-state index contributed by atoms with van der Waals surface area (Å²) in [5.74, 6) is 0.424. The molecule has 2 N–H and O–H groups in total. The summed E-state index contributed by atoms with van der Waals surface area (Å²) in [6.07, 6.45) is 0.304. The van der Waals surface area contributed by atoms with E-state index in [2.05, 4.69) is 15.5 Å². The second kappa shape index (κ2) is 5.40. The van der Waals surface area contributed by atoms with E-state index in [1.54, 1.807) is 4.90 Å². The molecule has 0 saturated heterocycles. The molecule has 2 amide bonds. The maximum absolute atomic E-state index is 12.0. The molecule has 2 heterocycles. The lowest BCUT2D eigenvalue weighted by atomic mass is 10.1. The van der Waals surface area contributed by atoms with Crippen LogP contribution in [-0.4, -0.2) is 26.9 Å². The number of aromatic amines is 1. The smallest absolute Gasteiger partial charge is 0.230 e. The SMILES string of the molecule is CC(=O)N1Cc2[nH]nc(NC(=O)Cc3ccccc3)c2C1. The number of rotatable bonds is 3. The van der Waals surface area contributed by atoms with Gasteiger partial charge in [0, 0.05) is 12.5 Å². The van der Waals surface area contributed by atoms with Gasteiger partial charge >= 0.3 is 0 Å². The highest BCUT2D eigenvalue weighted by molar-refractivity contribution is 5.92. The molecule has 6 nitrogen and oxygen atoms in total. The monoisotopic (exact) mass is 284 g/mol. The van der Waals surface area contributed by atoms with Crippen molar-refractivity contribution in [2.75, 3.05) is 5.32 Å². The molecule has 0 radical (unpaired) electrons. The molecule has 0 spiro atoms. The molecular weight excluding hydrogens is 268 g/mol. The molecule has 0 fully saturated rings. The highest BCUT2D eigenvalue weighted by atomic mass is 16.2. The first kappa shape index (κ1) is 13.4. The largest absolute Gasteiger partial charge is 0.333 e. The van der Waals surface area contributed by atoms with Crippen molar-refractivity contribution in [3.63, 3.8) is 0 Å². The molecule has 1 aromatic heterocycles. The minimum Gasteiger partial charge on any atom is -0.333 e. The average molecular weight is 284 g/mol. The molecule has 0 bridgehead atoms. The maximum atomic E-state index is 12.0. The van der Waals surface area contributed by atoms with Crippen molar-refractivity contribution in [3.05, 3.63) is 47.2 Å². The highest BCUT2D eigenvalue weighted by Crippen LogP contribution is 2.27. The van der Waals surface area contributed by atoms with Crippen LogP contribution in [0.15, 0.2) is 30.3 Å². The van der Waals surface area contributed by atoms with Crippen molar-refractivity contribution in [2.45, 2.75) is 26.4 Å². The summed E-state index contributed by atoms with van der Waals surface area (Å²) in [6.45, 7) is 2.54. The molecule has 6 heteroatoms. The quantitative estimate of drug-likeness (QED) is 0.895. The predicted molar refractivity (Wildman–Crippen MR) is 77.3 cm³/mol. The summed E-state index contributed by atoms with van der Waals surface area (Å²) >= 11 is 0. The molecule has 0 saturated carbocycles. The average Bonchev–Trinajstić information content (AvgIpc) is 3.02. The number of carbonyl (C=O) groups is 2. The zero-order valence-corrected chi connectivity index (χ0v) is 11.7. The molecule has 2 aromatic rings. The van der Waals surface area contributed by atoms with E-state index in [4.69, 9.17) is 0 Å². The molecule has 3 rings (SSSR count). The van der Waals surface area contributed by atoms with Crippen LogP contribution in [0.3, 0.4) is 0 Å². The second-order valence-corrected chi connectivity index (χ2v) is 5.11. The van der Waals surface area contributed by atoms with Gasteiger partial charge in [0.15, 0.2) is 5.82 Å². The van der Waals surface area contributed by atoms with Gasteiger partial charge in [-0.1, -0.05) is 30.3 Å². The van der Waals surface area contributed by atoms with Crippen LogP contribution in [0.5, 0.6) is 0 Å². The Balaban J connectivity index is 1.67. The number of hydrogen-bond acceptors (Lipinski definition) is 3. The molecule has 0 unspecified atom stereocenters. The highest BCUT2D eigenvalue weighted by Gasteiger charge is 2.26. The third-order valence-corrected chi connectivity index (χ3v) is 3.56. The molecular formula is C15H16N4O2. The van der Waals surface area contributed by atoms with E-state index in [9.17, 15) is 9.59 Å². The van der Waals surface area contributed by atoms with Gasteiger partial charge in [0.25, 0.3) is 0 Å². The normalized spacial score (nSPS) is 13.1. The van der Waals surface area contributed by atoms with Gasteiger partial charge in [-0.2, -0.15) is 5.10 Å². The number of aromatic nitrogens is 2. The summed E-state index contributed by atoms with van der Waals surface area (Å²) in [5.41, 5.74) is 2.74. The fourth-order valence-electron chi connectivity index (χ4n) is 2.42. The first-order valence-corrected chi connectivity index (χ1v) is 6.79. The van der Waals surface area contributed by atoms with Crippen LogP contribution >= 0.6 is 0 Å². The number of nitrogens with zero attached hydrogens (tertiary/aromatic N) is 2. The minimum atomic E-state index is -0.114. The van der Waals surface area contributed by atoms with Gasteiger partial charge in [-0.15, -0.1) is 0 Å². The Morgan fingerprint density at radius 1 is 1.29 bits per heavy atom. The van der Waals surface area contributed by atoms with Crippen LogP contribution < -0.4 is 5.32 Å². The van der Waals surface area contributed by atoms with Gasteiger partial charge in [0.1, 0.15) is 0 Å². The van der Waals surface area contributed by atoms with Gasteiger partial charge in [0.05, 0.1) is 25.2 Å². The van der Waals surface area contributed by atoms with Crippen molar-refractivity contribution in [3.8, 4) is 0 Å². The minimum absolute atomic E-state index is 0.0150. The third kappa shape index (κ3) is 2.79. The van der Waals surface area contributed by atoms with E-state index in [1.165, 1.54) is 6.92 Å². The van der Waals surface area contributed by atoms with Crippen LogP contribution in [0.25, 0.3) is 0 Å². The molecule has 108 valence electrons. The first-order valence-electron chi connectivity index (χ1n) is 6.79. The van der Waals surface area contributed by atoms with Gasteiger partial charge in [-0.25, -0.2) is 0 Å². The topological polar surface area (TPSA) is 78.1 Å². The summed E-state index contributed by atoms with van der Waals surface area (Å²) < 4.78 is 0. The van der Waals surface area contributed by atoms with Gasteiger partial charge < -0.3 is 10.2 Å². The first-order chi connectivity index (χ1) is 10.1. The number of benzene rings is 1. The Hall–Kier alpha value is -2.63. The van der Waals surface area contributed by atoms with Crippen LogP contribution in [0.4, 0.5) is 5.82 Å². The summed E-state index contributed by atoms with van der Waals surface area (Å²) in [5, 5.41) is 9.81. The number of amides is 2. The number of fused-ring (bicyclic) bond motifs is 1. The summed E-state index contributed by atoms with van der Waals surface area (Å²) in [4.78, 5) is 25.1. The summed E-state index contributed by atoms with van der Waals surface area (Å²) in [7, 11) is 0. The van der Waals surface area contributed by atoms with Crippen molar-refractivity contribution in [1.29, 1.82) is 0 Å². The fraction of sp³-hybridized carbons (Fsp3) is 0.267. The van der Waals surface area contributed by atoms with Crippen LogP contribution in [-0.2, 0) is 29.1 Å². The van der Waals surface area contributed by atoms with Crippen LogP contribution in [0.1, 0.15) is 23.7 Å². The number of carbonyl (C=O) groups excluding carboxylic acids is 2. The van der Waals surface area contributed by atoms with Gasteiger partial charge in [-0.05, 0) is 5.56 Å². The van der Waals surface area contributed by atoms with Crippen molar-refractivity contribution in [1.82, 2.24) is 15.1 Å². The number of nitrogens with one attached hydrogen (secondary N) is 2. The third-order valence-electron chi connectivity index (χ3n) is 3.56. The number of anilines is 1. The molecule has 1 aliphatic heterocycles. The lowest BCUT2D eigenvalue weighted by Crippen LogP contribution is -2.23. The standard InChI is InChI=1S/C15H16N4O2/c1-10(20)19-8-12-13(9-19)17-18-15(12)16-14(21)7-11-5-3-2-4-6-11/h2-6H,7-9H2,1H3,(H2,16,17,18,21). The van der Waals surface area contributed by atoms with Gasteiger partial charge in [-0.3, -0.25) is 14.7 Å². The van der Waals surface area contributed by atoms with E-state index in [1.807, 2.05) is 30.3 Å². The number of H-pyrrole nitrogens is 1. The maximum Gasteiger partial charge on any atom is 0.230 e.